The maximum Gasteiger partial charge on any atom is 0.260 e. The molecule has 0 unspecified atom stereocenters. The fraction of sp³-hybridized carbons (Fsp3) is 0.333. The Labute approximate surface area is 161 Å². The smallest absolute Gasteiger partial charge is 0.260 e. The largest absolute Gasteiger partial charge is 0.504 e. The van der Waals surface area contributed by atoms with Gasteiger partial charge in [0, 0.05) is 16.0 Å². The van der Waals surface area contributed by atoms with E-state index in [0.29, 0.717) is 35.0 Å². The van der Waals surface area contributed by atoms with Crippen LogP contribution in [0.5, 0.6) is 11.5 Å². The van der Waals surface area contributed by atoms with Crippen LogP contribution in [0.1, 0.15) is 29.3 Å². The standard InChI is InChI=1S/C21H22N2O3S/c1-4-5-12-9-13(10-15(26-3)18(12)24)19-22-20(25)17-14-7-6-11(2)8-16(14)27-21(17)23-19/h4,9-11,24H,1,5-8H2,2-3H3,(H,22,23,25)/t11-/m1/s1. The first-order valence-electron chi connectivity index (χ1n) is 9.07. The van der Waals surface area contributed by atoms with Crippen molar-refractivity contribution in [1.29, 1.82) is 0 Å². The fourth-order valence-electron chi connectivity index (χ4n) is 3.75. The minimum absolute atomic E-state index is 0.0881. The molecule has 6 heteroatoms. The van der Waals surface area contributed by atoms with Gasteiger partial charge in [-0.3, -0.25) is 4.79 Å². The molecule has 2 N–H and O–H groups in total. The van der Waals surface area contributed by atoms with Gasteiger partial charge in [-0.1, -0.05) is 13.0 Å². The van der Waals surface area contributed by atoms with E-state index < -0.39 is 0 Å². The summed E-state index contributed by atoms with van der Waals surface area (Å²) < 4.78 is 5.29. The number of phenols is 1. The number of methoxy groups -OCH3 is 1. The number of hydrogen-bond donors (Lipinski definition) is 2. The third kappa shape index (κ3) is 3.04. The number of rotatable bonds is 4. The lowest BCUT2D eigenvalue weighted by Crippen LogP contribution is -2.13. The summed E-state index contributed by atoms with van der Waals surface area (Å²) in [5, 5.41) is 11.0. The van der Waals surface area contributed by atoms with Gasteiger partial charge >= 0.3 is 0 Å². The summed E-state index contributed by atoms with van der Waals surface area (Å²) in [7, 11) is 1.50. The molecule has 0 saturated carbocycles. The normalized spacial score (nSPS) is 16.3. The Morgan fingerprint density at radius 1 is 1.48 bits per heavy atom. The van der Waals surface area contributed by atoms with E-state index in [1.165, 1.54) is 17.6 Å². The van der Waals surface area contributed by atoms with Gasteiger partial charge in [-0.2, -0.15) is 0 Å². The second-order valence-electron chi connectivity index (χ2n) is 7.13. The van der Waals surface area contributed by atoms with Crippen LogP contribution in [-0.4, -0.2) is 22.2 Å². The Hall–Kier alpha value is -2.60. The molecule has 140 valence electrons. The van der Waals surface area contributed by atoms with Gasteiger partial charge in [0.2, 0.25) is 0 Å². The number of H-pyrrole nitrogens is 1. The van der Waals surface area contributed by atoms with E-state index in [1.807, 2.05) is 6.07 Å². The number of ether oxygens (including phenoxy) is 1. The summed E-state index contributed by atoms with van der Waals surface area (Å²) in [6.45, 7) is 5.98. The molecule has 0 bridgehead atoms. The first-order valence-corrected chi connectivity index (χ1v) is 9.89. The second-order valence-corrected chi connectivity index (χ2v) is 8.21. The molecule has 1 aliphatic rings. The molecule has 0 amide bonds. The molecular weight excluding hydrogens is 360 g/mol. The number of thiophene rings is 1. The van der Waals surface area contributed by atoms with Crippen LogP contribution in [0.3, 0.4) is 0 Å². The number of hydrogen-bond acceptors (Lipinski definition) is 5. The van der Waals surface area contributed by atoms with Gasteiger partial charge in [-0.15, -0.1) is 17.9 Å². The van der Waals surface area contributed by atoms with Crippen molar-refractivity contribution < 1.29 is 9.84 Å². The van der Waals surface area contributed by atoms with E-state index in [0.717, 1.165) is 29.5 Å². The first-order chi connectivity index (χ1) is 13.0. The SMILES string of the molecule is C=CCc1cc(-c2nc3sc4c(c3c(=O)[nH]2)CC[C@@H](C)C4)cc(OC)c1O. The zero-order chi connectivity index (χ0) is 19.1. The third-order valence-electron chi connectivity index (χ3n) is 5.18. The van der Waals surface area contributed by atoms with E-state index >= 15 is 0 Å². The predicted octanol–water partition coefficient (Wildman–Crippen LogP) is 4.22. The lowest BCUT2D eigenvalue weighted by Gasteiger charge is -2.17. The fourth-order valence-corrected chi connectivity index (χ4v) is 5.14. The number of fused-ring (bicyclic) bond motifs is 3. The van der Waals surface area contributed by atoms with E-state index in [-0.39, 0.29) is 11.3 Å². The summed E-state index contributed by atoms with van der Waals surface area (Å²) in [4.78, 5) is 22.6. The Morgan fingerprint density at radius 2 is 2.30 bits per heavy atom. The van der Waals surface area contributed by atoms with Gasteiger partial charge in [0.1, 0.15) is 10.7 Å². The van der Waals surface area contributed by atoms with Crippen molar-refractivity contribution in [1.82, 2.24) is 9.97 Å². The summed E-state index contributed by atoms with van der Waals surface area (Å²) in [5.41, 5.74) is 2.46. The van der Waals surface area contributed by atoms with Crippen LogP contribution in [0.2, 0.25) is 0 Å². The van der Waals surface area contributed by atoms with Gasteiger partial charge < -0.3 is 14.8 Å². The Morgan fingerprint density at radius 3 is 3.04 bits per heavy atom. The molecule has 2 heterocycles. The topological polar surface area (TPSA) is 75.2 Å². The molecule has 0 fully saturated rings. The summed E-state index contributed by atoms with van der Waals surface area (Å²) in [5.74, 6) is 1.58. The summed E-state index contributed by atoms with van der Waals surface area (Å²) in [6, 6.07) is 3.51. The molecule has 1 aromatic carbocycles. The van der Waals surface area contributed by atoms with E-state index in [4.69, 9.17) is 9.72 Å². The molecule has 27 heavy (non-hydrogen) atoms. The lowest BCUT2D eigenvalue weighted by molar-refractivity contribution is 0.371. The molecule has 3 aromatic rings. The van der Waals surface area contributed by atoms with Crippen molar-refractivity contribution in [2.75, 3.05) is 7.11 Å². The number of nitrogens with zero attached hydrogens (tertiary/aromatic N) is 1. The average molecular weight is 382 g/mol. The molecule has 1 atom stereocenters. The summed E-state index contributed by atoms with van der Waals surface area (Å²) >= 11 is 1.63. The molecule has 2 aromatic heterocycles. The van der Waals surface area contributed by atoms with Crippen LogP contribution in [0, 0.1) is 5.92 Å². The highest BCUT2D eigenvalue weighted by molar-refractivity contribution is 7.18. The predicted molar refractivity (Wildman–Crippen MR) is 109 cm³/mol. The highest BCUT2D eigenvalue weighted by Gasteiger charge is 2.23. The number of aromatic amines is 1. The lowest BCUT2D eigenvalue weighted by atomic mass is 9.89. The molecule has 5 nitrogen and oxygen atoms in total. The molecular formula is C21H22N2O3S. The Kier molecular flexibility index (Phi) is 4.52. The first kappa shape index (κ1) is 17.8. The summed E-state index contributed by atoms with van der Waals surface area (Å²) in [6.07, 6.45) is 5.28. The number of aryl methyl sites for hydroxylation is 1. The van der Waals surface area contributed by atoms with Gasteiger partial charge in [-0.25, -0.2) is 4.98 Å². The van der Waals surface area contributed by atoms with E-state index in [2.05, 4.69) is 18.5 Å². The van der Waals surface area contributed by atoms with Crippen LogP contribution < -0.4 is 10.3 Å². The third-order valence-corrected chi connectivity index (χ3v) is 6.33. The average Bonchev–Trinajstić information content (AvgIpc) is 3.01. The number of nitrogens with one attached hydrogen (secondary N) is 1. The van der Waals surface area contributed by atoms with Crippen molar-refractivity contribution in [3.63, 3.8) is 0 Å². The number of phenolic OH excluding ortho intramolecular Hbond substituents is 1. The van der Waals surface area contributed by atoms with Gasteiger partial charge in [0.15, 0.2) is 11.5 Å². The van der Waals surface area contributed by atoms with Crippen LogP contribution >= 0.6 is 11.3 Å². The zero-order valence-electron chi connectivity index (χ0n) is 15.5. The van der Waals surface area contributed by atoms with E-state index in [9.17, 15) is 9.90 Å². The maximum atomic E-state index is 12.8. The Bertz CT molecular complexity index is 1100. The van der Waals surface area contributed by atoms with Crippen LogP contribution in [-0.2, 0) is 19.3 Å². The van der Waals surface area contributed by atoms with Crippen LogP contribution in [0.15, 0.2) is 29.6 Å². The molecule has 1 aliphatic carbocycles. The number of aromatic nitrogens is 2. The molecule has 0 saturated heterocycles. The highest BCUT2D eigenvalue weighted by Crippen LogP contribution is 2.38. The van der Waals surface area contributed by atoms with Crippen molar-refractivity contribution in [3.05, 3.63) is 51.1 Å². The van der Waals surface area contributed by atoms with Crippen molar-refractivity contribution in [2.45, 2.75) is 32.6 Å². The molecule has 0 aliphatic heterocycles. The second kappa shape index (κ2) is 6.85. The monoisotopic (exact) mass is 382 g/mol. The molecule has 4 rings (SSSR count). The van der Waals surface area contributed by atoms with Crippen LogP contribution in [0.25, 0.3) is 21.6 Å². The number of aromatic hydroxyl groups is 1. The zero-order valence-corrected chi connectivity index (χ0v) is 16.3. The highest BCUT2D eigenvalue weighted by atomic mass is 32.1. The number of benzene rings is 1. The van der Waals surface area contributed by atoms with Gasteiger partial charge in [-0.05, 0) is 49.3 Å². The Balaban J connectivity index is 1.89. The number of allylic oxidation sites excluding steroid dienone is 1. The van der Waals surface area contributed by atoms with Crippen LogP contribution in [0.4, 0.5) is 0 Å². The quantitative estimate of drug-likeness (QED) is 0.663. The maximum absolute atomic E-state index is 12.8. The van der Waals surface area contributed by atoms with Crippen molar-refractivity contribution >= 4 is 21.6 Å². The van der Waals surface area contributed by atoms with E-state index in [1.54, 1.807) is 23.5 Å². The van der Waals surface area contributed by atoms with Crippen molar-refractivity contribution in [2.24, 2.45) is 5.92 Å². The minimum atomic E-state index is -0.0978. The van der Waals surface area contributed by atoms with Gasteiger partial charge in [0.25, 0.3) is 5.56 Å². The van der Waals surface area contributed by atoms with Gasteiger partial charge in [0.05, 0.1) is 12.5 Å². The van der Waals surface area contributed by atoms with Crippen molar-refractivity contribution in [3.8, 4) is 22.9 Å². The molecule has 0 spiro atoms. The minimum Gasteiger partial charge on any atom is -0.504 e. The molecule has 0 radical (unpaired) electrons.